The third-order valence-corrected chi connectivity index (χ3v) is 1.23. The molecule has 1 heterocycles. The van der Waals surface area contributed by atoms with Gasteiger partial charge < -0.3 is 5.73 Å². The Labute approximate surface area is 68.7 Å². The number of nitrogens with zero attached hydrogens (tertiary/aromatic N) is 1. The van der Waals surface area contributed by atoms with Crippen LogP contribution in [0.25, 0.3) is 6.08 Å². The third-order valence-electron chi connectivity index (χ3n) is 1.23. The molecule has 1 rings (SSSR count). The molecule has 0 fully saturated rings. The summed E-state index contributed by atoms with van der Waals surface area (Å²) < 4.78 is 12.8. The van der Waals surface area contributed by atoms with E-state index in [4.69, 9.17) is 5.73 Å². The summed E-state index contributed by atoms with van der Waals surface area (Å²) in [5.74, 6) is -1.08. The summed E-state index contributed by atoms with van der Waals surface area (Å²) in [4.78, 5) is 13.8. The molecule has 62 valence electrons. The summed E-state index contributed by atoms with van der Waals surface area (Å²) >= 11 is 0. The van der Waals surface area contributed by atoms with E-state index in [-0.39, 0.29) is 0 Å². The van der Waals surface area contributed by atoms with Gasteiger partial charge in [-0.3, -0.25) is 9.78 Å². The van der Waals surface area contributed by atoms with Gasteiger partial charge in [-0.25, -0.2) is 4.39 Å². The lowest BCUT2D eigenvalue weighted by atomic mass is 10.2. The van der Waals surface area contributed by atoms with E-state index in [9.17, 15) is 9.18 Å². The summed E-state index contributed by atoms with van der Waals surface area (Å²) in [5, 5.41) is 0. The molecule has 0 bridgehead atoms. The number of nitrogens with two attached hydrogens (primary N) is 1. The van der Waals surface area contributed by atoms with Gasteiger partial charge in [0.1, 0.15) is 5.82 Å². The molecule has 0 radical (unpaired) electrons. The van der Waals surface area contributed by atoms with Gasteiger partial charge in [-0.05, 0) is 12.1 Å². The minimum absolute atomic E-state index is 0.295. The predicted octanol–water partition coefficient (Wildman–Crippen LogP) is 0.719. The molecule has 1 aromatic heterocycles. The molecule has 0 atom stereocenters. The van der Waals surface area contributed by atoms with E-state index in [1.807, 2.05) is 0 Å². The standard InChI is InChI=1S/C8H7FN2O/c9-7-5-11-4-3-6(7)1-2-8(10)12/h1-5H,(H2,10,12)/b2-1+. The lowest BCUT2D eigenvalue weighted by Crippen LogP contribution is -2.05. The topological polar surface area (TPSA) is 56.0 Å². The zero-order valence-electron chi connectivity index (χ0n) is 6.20. The average molecular weight is 166 g/mol. The Bertz CT molecular complexity index is 323. The number of pyridine rings is 1. The highest BCUT2D eigenvalue weighted by Crippen LogP contribution is 2.05. The summed E-state index contributed by atoms with van der Waals surface area (Å²) in [7, 11) is 0. The van der Waals surface area contributed by atoms with Crippen molar-refractivity contribution in [1.29, 1.82) is 0 Å². The van der Waals surface area contributed by atoms with E-state index >= 15 is 0 Å². The Balaban J connectivity index is 2.89. The summed E-state index contributed by atoms with van der Waals surface area (Å²) in [6, 6.07) is 1.45. The van der Waals surface area contributed by atoms with Crippen LogP contribution in [0.15, 0.2) is 24.5 Å². The van der Waals surface area contributed by atoms with Crippen LogP contribution in [-0.2, 0) is 4.79 Å². The summed E-state index contributed by atoms with van der Waals surface area (Å²) in [5.41, 5.74) is 5.12. The van der Waals surface area contributed by atoms with Gasteiger partial charge in [0.05, 0.1) is 6.20 Å². The number of carbonyl (C=O) groups excluding carboxylic acids is 1. The van der Waals surface area contributed by atoms with Crippen LogP contribution in [-0.4, -0.2) is 10.9 Å². The molecular weight excluding hydrogens is 159 g/mol. The second kappa shape index (κ2) is 3.61. The number of hydrogen-bond donors (Lipinski definition) is 1. The van der Waals surface area contributed by atoms with Crippen LogP contribution < -0.4 is 5.73 Å². The number of hydrogen-bond acceptors (Lipinski definition) is 2. The Morgan fingerprint density at radius 1 is 1.67 bits per heavy atom. The van der Waals surface area contributed by atoms with Crippen LogP contribution in [0.4, 0.5) is 4.39 Å². The van der Waals surface area contributed by atoms with E-state index in [0.29, 0.717) is 5.56 Å². The van der Waals surface area contributed by atoms with Crippen molar-refractivity contribution in [3.05, 3.63) is 35.9 Å². The zero-order valence-corrected chi connectivity index (χ0v) is 6.20. The Kier molecular flexibility index (Phi) is 2.53. The molecule has 1 amide bonds. The number of primary amides is 1. The molecule has 2 N–H and O–H groups in total. The summed E-state index contributed by atoms with van der Waals surface area (Å²) in [6.07, 6.45) is 4.90. The molecule has 3 nitrogen and oxygen atoms in total. The van der Waals surface area contributed by atoms with Gasteiger partial charge in [0, 0.05) is 17.8 Å². The quantitative estimate of drug-likeness (QED) is 0.658. The highest BCUT2D eigenvalue weighted by molar-refractivity contribution is 5.90. The maximum atomic E-state index is 12.8. The molecule has 0 saturated carbocycles. The summed E-state index contributed by atoms with van der Waals surface area (Å²) in [6.45, 7) is 0. The second-order valence-electron chi connectivity index (χ2n) is 2.13. The van der Waals surface area contributed by atoms with Gasteiger partial charge in [-0.15, -0.1) is 0 Å². The first-order chi connectivity index (χ1) is 5.70. The van der Waals surface area contributed by atoms with Crippen molar-refractivity contribution in [3.63, 3.8) is 0 Å². The SMILES string of the molecule is NC(=O)/C=C/c1ccncc1F. The van der Waals surface area contributed by atoms with Crippen molar-refractivity contribution in [2.24, 2.45) is 5.73 Å². The number of amides is 1. The van der Waals surface area contributed by atoms with Crippen molar-refractivity contribution in [3.8, 4) is 0 Å². The van der Waals surface area contributed by atoms with Gasteiger partial charge in [-0.2, -0.15) is 0 Å². The smallest absolute Gasteiger partial charge is 0.241 e. The van der Waals surface area contributed by atoms with Crippen LogP contribution in [0.5, 0.6) is 0 Å². The van der Waals surface area contributed by atoms with Crippen molar-refractivity contribution < 1.29 is 9.18 Å². The van der Waals surface area contributed by atoms with E-state index in [2.05, 4.69) is 4.98 Å². The molecule has 4 heteroatoms. The van der Waals surface area contributed by atoms with Crippen LogP contribution in [0, 0.1) is 5.82 Å². The Morgan fingerprint density at radius 2 is 2.42 bits per heavy atom. The number of carbonyl (C=O) groups is 1. The lowest BCUT2D eigenvalue weighted by molar-refractivity contribution is -0.113. The first-order valence-corrected chi connectivity index (χ1v) is 3.27. The molecule has 0 aliphatic carbocycles. The minimum Gasteiger partial charge on any atom is -0.366 e. The highest BCUT2D eigenvalue weighted by atomic mass is 19.1. The van der Waals surface area contributed by atoms with Gasteiger partial charge in [-0.1, -0.05) is 0 Å². The van der Waals surface area contributed by atoms with Crippen LogP contribution in [0.2, 0.25) is 0 Å². The largest absolute Gasteiger partial charge is 0.366 e. The molecule has 0 saturated heterocycles. The number of aromatic nitrogens is 1. The molecule has 1 aromatic rings. The highest BCUT2D eigenvalue weighted by Gasteiger charge is 1.95. The Hall–Kier alpha value is -1.71. The van der Waals surface area contributed by atoms with E-state index < -0.39 is 11.7 Å². The lowest BCUT2D eigenvalue weighted by Gasteiger charge is -1.92. The van der Waals surface area contributed by atoms with E-state index in [1.165, 1.54) is 18.3 Å². The van der Waals surface area contributed by atoms with Crippen molar-refractivity contribution in [2.75, 3.05) is 0 Å². The first-order valence-electron chi connectivity index (χ1n) is 3.27. The van der Waals surface area contributed by atoms with Crippen molar-refractivity contribution >= 4 is 12.0 Å². The van der Waals surface area contributed by atoms with E-state index in [1.54, 1.807) is 0 Å². The Morgan fingerprint density at radius 3 is 3.00 bits per heavy atom. The molecule has 0 aliphatic rings. The minimum atomic E-state index is -0.605. The van der Waals surface area contributed by atoms with Crippen molar-refractivity contribution in [2.45, 2.75) is 0 Å². The molecule has 0 aromatic carbocycles. The second-order valence-corrected chi connectivity index (χ2v) is 2.13. The van der Waals surface area contributed by atoms with Gasteiger partial charge in [0.25, 0.3) is 0 Å². The third kappa shape index (κ3) is 2.16. The first kappa shape index (κ1) is 8.39. The maximum Gasteiger partial charge on any atom is 0.241 e. The predicted molar refractivity (Wildman–Crippen MR) is 42.4 cm³/mol. The van der Waals surface area contributed by atoms with Crippen LogP contribution >= 0.6 is 0 Å². The number of halogens is 1. The van der Waals surface area contributed by atoms with Gasteiger partial charge >= 0.3 is 0 Å². The monoisotopic (exact) mass is 166 g/mol. The fourth-order valence-corrected chi connectivity index (χ4v) is 0.693. The fourth-order valence-electron chi connectivity index (χ4n) is 0.693. The molecule has 0 spiro atoms. The molecular formula is C8H7FN2O. The maximum absolute atomic E-state index is 12.8. The van der Waals surface area contributed by atoms with Gasteiger partial charge in [0.2, 0.25) is 5.91 Å². The number of rotatable bonds is 2. The fraction of sp³-hybridized carbons (Fsp3) is 0. The normalized spacial score (nSPS) is 10.4. The zero-order chi connectivity index (χ0) is 8.97. The molecule has 12 heavy (non-hydrogen) atoms. The van der Waals surface area contributed by atoms with Crippen LogP contribution in [0.3, 0.4) is 0 Å². The average Bonchev–Trinajstić information content (AvgIpc) is 2.03. The van der Waals surface area contributed by atoms with E-state index in [0.717, 1.165) is 12.3 Å². The molecule has 0 aliphatic heterocycles. The van der Waals surface area contributed by atoms with Crippen LogP contribution in [0.1, 0.15) is 5.56 Å². The van der Waals surface area contributed by atoms with Crippen molar-refractivity contribution in [1.82, 2.24) is 4.98 Å². The van der Waals surface area contributed by atoms with Gasteiger partial charge in [0.15, 0.2) is 0 Å². The molecule has 0 unspecified atom stereocenters.